The predicted octanol–water partition coefficient (Wildman–Crippen LogP) is 0.759. The molecule has 1 fully saturated rings. The summed E-state index contributed by atoms with van der Waals surface area (Å²) in [4.78, 5) is 0. The number of fused-ring (bicyclic) bond motifs is 1. The fraction of sp³-hybridized carbons (Fsp3) is 0.429. The van der Waals surface area contributed by atoms with Crippen LogP contribution in [0.4, 0.5) is 0 Å². The highest BCUT2D eigenvalue weighted by Crippen LogP contribution is 2.33. The molecule has 0 bridgehead atoms. The lowest BCUT2D eigenvalue weighted by Gasteiger charge is -2.16. The zero-order chi connectivity index (χ0) is 15.1. The van der Waals surface area contributed by atoms with Crippen molar-refractivity contribution in [3.05, 3.63) is 28.9 Å². The highest BCUT2D eigenvalue weighted by Gasteiger charge is 2.44. The van der Waals surface area contributed by atoms with Crippen LogP contribution in [0.3, 0.4) is 0 Å². The first-order chi connectivity index (χ1) is 10.0. The highest BCUT2D eigenvalue weighted by atomic mass is 79.9. The summed E-state index contributed by atoms with van der Waals surface area (Å²) in [5.74, 6) is 0.545. The van der Waals surface area contributed by atoms with Gasteiger partial charge in [0.2, 0.25) is 6.29 Å². The van der Waals surface area contributed by atoms with Crippen LogP contribution in [0.5, 0.6) is 5.75 Å². The normalized spacial score (nSPS) is 29.2. The molecule has 114 valence electrons. The summed E-state index contributed by atoms with van der Waals surface area (Å²) in [6.45, 7) is -0.376. The SMILES string of the molecule is Cn1cc(O[C@@H]2O[C@H](CO)[C@@H](O)[C@H]2O)c2cc(Br)ccc21. The molecule has 2 aromatic rings. The lowest BCUT2D eigenvalue weighted by atomic mass is 10.1. The maximum absolute atomic E-state index is 9.93. The van der Waals surface area contributed by atoms with Gasteiger partial charge in [0.05, 0.1) is 12.1 Å². The van der Waals surface area contributed by atoms with E-state index in [1.54, 1.807) is 6.20 Å². The minimum atomic E-state index is -1.20. The third-order valence-electron chi connectivity index (χ3n) is 3.66. The van der Waals surface area contributed by atoms with Crippen molar-refractivity contribution in [3.63, 3.8) is 0 Å². The standard InChI is InChI=1S/C14H16BrNO5/c1-16-5-10(8-4-7(15)2-3-9(8)16)20-14-13(19)12(18)11(6-17)21-14/h2-5,11-14,17-19H,6H2,1H3/t11-,12-,13-,14-/m1/s1. The van der Waals surface area contributed by atoms with Crippen molar-refractivity contribution in [2.45, 2.75) is 24.6 Å². The molecule has 1 saturated heterocycles. The molecule has 4 atom stereocenters. The Balaban J connectivity index is 1.90. The number of aryl methyl sites for hydroxylation is 1. The minimum Gasteiger partial charge on any atom is -0.460 e. The fourth-order valence-corrected chi connectivity index (χ4v) is 2.87. The van der Waals surface area contributed by atoms with Crippen molar-refractivity contribution < 1.29 is 24.8 Å². The van der Waals surface area contributed by atoms with Gasteiger partial charge < -0.3 is 29.4 Å². The van der Waals surface area contributed by atoms with E-state index in [1.807, 2.05) is 29.8 Å². The average Bonchev–Trinajstić information content (AvgIpc) is 2.91. The van der Waals surface area contributed by atoms with Crippen molar-refractivity contribution in [3.8, 4) is 5.75 Å². The molecule has 0 radical (unpaired) electrons. The van der Waals surface area contributed by atoms with E-state index in [2.05, 4.69) is 15.9 Å². The Hall–Kier alpha value is -1.12. The summed E-state index contributed by atoms with van der Waals surface area (Å²) >= 11 is 3.41. The number of benzene rings is 1. The van der Waals surface area contributed by atoms with E-state index in [-0.39, 0.29) is 6.61 Å². The van der Waals surface area contributed by atoms with Crippen molar-refractivity contribution >= 4 is 26.8 Å². The van der Waals surface area contributed by atoms with Gasteiger partial charge in [0.15, 0.2) is 0 Å². The highest BCUT2D eigenvalue weighted by molar-refractivity contribution is 9.10. The van der Waals surface area contributed by atoms with Gasteiger partial charge in [-0.15, -0.1) is 0 Å². The number of aromatic nitrogens is 1. The number of aliphatic hydroxyl groups is 3. The lowest BCUT2D eigenvalue weighted by molar-refractivity contribution is -0.115. The molecular formula is C14H16BrNO5. The van der Waals surface area contributed by atoms with E-state index < -0.39 is 24.6 Å². The molecule has 1 aromatic heterocycles. The molecule has 3 N–H and O–H groups in total. The Kier molecular flexibility index (Phi) is 3.94. The van der Waals surface area contributed by atoms with Gasteiger partial charge in [0, 0.05) is 23.1 Å². The third-order valence-corrected chi connectivity index (χ3v) is 4.15. The monoisotopic (exact) mass is 357 g/mol. The fourth-order valence-electron chi connectivity index (χ4n) is 2.51. The Morgan fingerprint density at radius 1 is 1.33 bits per heavy atom. The minimum absolute atomic E-state index is 0.376. The quantitative estimate of drug-likeness (QED) is 0.755. The third kappa shape index (κ3) is 2.56. The van der Waals surface area contributed by atoms with E-state index in [0.717, 1.165) is 15.4 Å². The Labute approximate surface area is 129 Å². The van der Waals surface area contributed by atoms with Crippen LogP contribution in [-0.2, 0) is 11.8 Å². The Bertz CT molecular complexity index is 658. The van der Waals surface area contributed by atoms with Crippen LogP contribution in [0, 0.1) is 0 Å². The van der Waals surface area contributed by atoms with Crippen LogP contribution in [0.2, 0.25) is 0 Å². The summed E-state index contributed by atoms with van der Waals surface area (Å²) in [6, 6.07) is 5.79. The summed E-state index contributed by atoms with van der Waals surface area (Å²) < 4.78 is 13.8. The van der Waals surface area contributed by atoms with E-state index in [9.17, 15) is 10.2 Å². The van der Waals surface area contributed by atoms with Gasteiger partial charge in [-0.05, 0) is 18.2 Å². The summed E-state index contributed by atoms with van der Waals surface area (Å²) in [5, 5.41) is 29.6. The molecule has 7 heteroatoms. The average molecular weight is 358 g/mol. The number of rotatable bonds is 3. The molecule has 6 nitrogen and oxygen atoms in total. The van der Waals surface area contributed by atoms with Gasteiger partial charge in [-0.3, -0.25) is 0 Å². The van der Waals surface area contributed by atoms with E-state index >= 15 is 0 Å². The van der Waals surface area contributed by atoms with Crippen molar-refractivity contribution in [2.75, 3.05) is 6.61 Å². The van der Waals surface area contributed by atoms with Crippen LogP contribution in [0.15, 0.2) is 28.9 Å². The molecular weight excluding hydrogens is 342 g/mol. The van der Waals surface area contributed by atoms with Crippen molar-refractivity contribution in [1.82, 2.24) is 4.57 Å². The van der Waals surface area contributed by atoms with Gasteiger partial charge in [0.25, 0.3) is 0 Å². The van der Waals surface area contributed by atoms with Crippen LogP contribution < -0.4 is 4.74 Å². The maximum Gasteiger partial charge on any atom is 0.229 e. The molecule has 1 aliphatic rings. The van der Waals surface area contributed by atoms with E-state index in [0.29, 0.717) is 5.75 Å². The van der Waals surface area contributed by atoms with Crippen molar-refractivity contribution in [1.29, 1.82) is 0 Å². The number of hydrogen-bond donors (Lipinski definition) is 3. The molecule has 0 amide bonds. The zero-order valence-electron chi connectivity index (χ0n) is 11.3. The second-order valence-corrected chi connectivity index (χ2v) is 6.01. The van der Waals surface area contributed by atoms with E-state index in [4.69, 9.17) is 14.6 Å². The smallest absolute Gasteiger partial charge is 0.229 e. The van der Waals surface area contributed by atoms with Crippen LogP contribution in [0.25, 0.3) is 10.9 Å². The van der Waals surface area contributed by atoms with Gasteiger partial charge >= 0.3 is 0 Å². The topological polar surface area (TPSA) is 84.1 Å². The van der Waals surface area contributed by atoms with Crippen molar-refractivity contribution in [2.24, 2.45) is 7.05 Å². The van der Waals surface area contributed by atoms with Gasteiger partial charge in [-0.25, -0.2) is 0 Å². The zero-order valence-corrected chi connectivity index (χ0v) is 12.9. The summed E-state index contributed by atoms with van der Waals surface area (Å²) in [7, 11) is 1.89. The molecule has 3 rings (SSSR count). The molecule has 0 unspecified atom stereocenters. The first-order valence-corrected chi connectivity index (χ1v) is 7.34. The number of ether oxygens (including phenoxy) is 2. The molecule has 0 aliphatic carbocycles. The van der Waals surface area contributed by atoms with Crippen LogP contribution in [-0.4, -0.2) is 51.1 Å². The number of aliphatic hydroxyl groups excluding tert-OH is 3. The summed E-state index contributed by atoms with van der Waals surface area (Å²) in [6.07, 6.45) is -2.44. The number of hydrogen-bond acceptors (Lipinski definition) is 5. The first kappa shape index (κ1) is 14.8. The molecule has 1 aliphatic heterocycles. The largest absolute Gasteiger partial charge is 0.460 e. The molecule has 0 saturated carbocycles. The maximum atomic E-state index is 9.93. The number of nitrogens with zero attached hydrogens (tertiary/aromatic N) is 1. The molecule has 21 heavy (non-hydrogen) atoms. The first-order valence-electron chi connectivity index (χ1n) is 6.55. The number of halogens is 1. The van der Waals surface area contributed by atoms with E-state index in [1.165, 1.54) is 0 Å². The van der Waals surface area contributed by atoms with Gasteiger partial charge in [-0.2, -0.15) is 0 Å². The van der Waals surface area contributed by atoms with Gasteiger partial charge in [0.1, 0.15) is 24.1 Å². The second-order valence-electron chi connectivity index (χ2n) is 5.09. The van der Waals surface area contributed by atoms with Crippen LogP contribution >= 0.6 is 15.9 Å². The van der Waals surface area contributed by atoms with Gasteiger partial charge in [-0.1, -0.05) is 15.9 Å². The lowest BCUT2D eigenvalue weighted by Crippen LogP contribution is -2.35. The van der Waals surface area contributed by atoms with Crippen LogP contribution in [0.1, 0.15) is 0 Å². The summed E-state index contributed by atoms with van der Waals surface area (Å²) in [5.41, 5.74) is 0.972. The second kappa shape index (κ2) is 5.58. The Morgan fingerprint density at radius 3 is 2.76 bits per heavy atom. The predicted molar refractivity (Wildman–Crippen MR) is 79.0 cm³/mol. The molecule has 1 aromatic carbocycles. The molecule has 0 spiro atoms. The Morgan fingerprint density at radius 2 is 2.10 bits per heavy atom. The molecule has 2 heterocycles.